The number of aryl methyl sites for hydroxylation is 1. The first-order valence-electron chi connectivity index (χ1n) is 11.7. The fraction of sp³-hybridized carbons (Fsp3) is 0.321. The van der Waals surface area contributed by atoms with E-state index >= 15 is 0 Å². The molecule has 1 aliphatic heterocycles. The van der Waals surface area contributed by atoms with Crippen molar-refractivity contribution in [1.82, 2.24) is 9.29 Å². The first kappa shape index (κ1) is 22.8. The van der Waals surface area contributed by atoms with Crippen molar-refractivity contribution >= 4 is 21.1 Å². The minimum atomic E-state index is -3.66. The molecule has 0 aliphatic carbocycles. The molecule has 5 nitrogen and oxygen atoms in total. The summed E-state index contributed by atoms with van der Waals surface area (Å²) in [6.45, 7) is 8.88. The van der Waals surface area contributed by atoms with Crippen LogP contribution in [-0.2, 0) is 15.4 Å². The van der Waals surface area contributed by atoms with Crippen LogP contribution in [0.2, 0.25) is 0 Å². The normalized spacial score (nSPS) is 17.5. The monoisotopic (exact) mass is 474 g/mol. The average molecular weight is 475 g/mol. The van der Waals surface area contributed by atoms with E-state index in [2.05, 4.69) is 45.9 Å². The molecule has 1 fully saturated rings. The predicted octanol–water partition coefficient (Wildman–Crippen LogP) is 6.63. The molecule has 0 unspecified atom stereocenters. The minimum Gasteiger partial charge on any atom is -0.439 e. The van der Waals surface area contributed by atoms with Gasteiger partial charge in [0.2, 0.25) is 15.9 Å². The molecule has 1 aromatic heterocycles. The highest BCUT2D eigenvalue weighted by Crippen LogP contribution is 2.38. The number of hydrogen-bond donors (Lipinski definition) is 0. The molecule has 0 spiro atoms. The lowest BCUT2D eigenvalue weighted by Gasteiger charge is -2.23. The zero-order valence-corrected chi connectivity index (χ0v) is 20.9. The van der Waals surface area contributed by atoms with Crippen molar-refractivity contribution in [2.75, 3.05) is 6.54 Å². The van der Waals surface area contributed by atoms with Crippen molar-refractivity contribution in [1.29, 1.82) is 0 Å². The van der Waals surface area contributed by atoms with Crippen LogP contribution in [0.5, 0.6) is 0 Å². The quantitative estimate of drug-likeness (QED) is 0.333. The Balaban J connectivity index is 1.46. The van der Waals surface area contributed by atoms with E-state index < -0.39 is 16.1 Å². The molecule has 0 amide bonds. The third-order valence-corrected chi connectivity index (χ3v) is 8.49. The van der Waals surface area contributed by atoms with Gasteiger partial charge in [0.1, 0.15) is 11.6 Å². The highest BCUT2D eigenvalue weighted by Gasteiger charge is 2.39. The van der Waals surface area contributed by atoms with Crippen LogP contribution in [0.4, 0.5) is 0 Å². The lowest BCUT2D eigenvalue weighted by atomic mass is 9.87. The maximum absolute atomic E-state index is 13.5. The summed E-state index contributed by atoms with van der Waals surface area (Å²) in [5.41, 5.74) is 5.86. The van der Waals surface area contributed by atoms with E-state index in [-0.39, 0.29) is 5.41 Å². The van der Waals surface area contributed by atoms with E-state index in [9.17, 15) is 8.42 Å². The summed E-state index contributed by atoms with van der Waals surface area (Å²) >= 11 is 0. The van der Waals surface area contributed by atoms with E-state index in [0.717, 1.165) is 28.6 Å². The molecule has 0 bridgehead atoms. The molecule has 0 radical (unpaired) electrons. The van der Waals surface area contributed by atoms with Crippen molar-refractivity contribution < 1.29 is 12.8 Å². The van der Waals surface area contributed by atoms with Gasteiger partial charge in [0.05, 0.1) is 4.90 Å². The number of fused-ring (bicyclic) bond motifs is 1. The molecule has 3 aromatic carbocycles. The Morgan fingerprint density at radius 1 is 0.971 bits per heavy atom. The van der Waals surface area contributed by atoms with Gasteiger partial charge in [-0.1, -0.05) is 68.8 Å². The van der Waals surface area contributed by atoms with Gasteiger partial charge in [-0.2, -0.15) is 4.31 Å². The smallest absolute Gasteiger partial charge is 0.243 e. The summed E-state index contributed by atoms with van der Waals surface area (Å²) in [4.78, 5) is 5.04. The zero-order valence-electron chi connectivity index (χ0n) is 20.1. The molecular formula is C28H30N2O3S. The highest BCUT2D eigenvalue weighted by atomic mass is 32.2. The SMILES string of the molecule is Cc1cccc(-c2ccc3oc([C@@H]4CCCN4S(=O)(=O)c4ccc(C(C)(C)C)cc4)nc3c2)c1. The van der Waals surface area contributed by atoms with Crippen LogP contribution in [0.1, 0.15) is 56.7 Å². The molecule has 0 saturated carbocycles. The maximum Gasteiger partial charge on any atom is 0.243 e. The van der Waals surface area contributed by atoms with E-state index in [4.69, 9.17) is 9.40 Å². The molecule has 6 heteroatoms. The molecule has 1 aliphatic rings. The van der Waals surface area contributed by atoms with Gasteiger partial charge < -0.3 is 4.42 Å². The summed E-state index contributed by atoms with van der Waals surface area (Å²) in [5, 5.41) is 0. The number of sulfonamides is 1. The fourth-order valence-electron chi connectivity index (χ4n) is 4.63. The predicted molar refractivity (Wildman–Crippen MR) is 135 cm³/mol. The number of benzene rings is 3. The number of hydrogen-bond acceptors (Lipinski definition) is 4. The van der Waals surface area contributed by atoms with Crippen LogP contribution in [0.3, 0.4) is 0 Å². The van der Waals surface area contributed by atoms with Crippen LogP contribution in [0.15, 0.2) is 76.0 Å². The largest absolute Gasteiger partial charge is 0.439 e. The molecule has 176 valence electrons. The van der Waals surface area contributed by atoms with Gasteiger partial charge in [0, 0.05) is 6.54 Å². The summed E-state index contributed by atoms with van der Waals surface area (Å²) in [7, 11) is -3.66. The number of rotatable bonds is 4. The third kappa shape index (κ3) is 4.17. The van der Waals surface area contributed by atoms with Gasteiger partial charge in [0.25, 0.3) is 0 Å². The summed E-state index contributed by atoms with van der Waals surface area (Å²) in [6.07, 6.45) is 1.47. The Morgan fingerprint density at radius 3 is 2.41 bits per heavy atom. The Morgan fingerprint density at radius 2 is 1.71 bits per heavy atom. The van der Waals surface area contributed by atoms with Crippen molar-refractivity contribution in [3.05, 3.63) is 83.7 Å². The topological polar surface area (TPSA) is 63.4 Å². The van der Waals surface area contributed by atoms with Gasteiger partial charge in [-0.05, 0) is 66.1 Å². The Labute approximate surface area is 201 Å². The van der Waals surface area contributed by atoms with Crippen LogP contribution in [0.25, 0.3) is 22.2 Å². The molecular weight excluding hydrogens is 444 g/mol. The van der Waals surface area contributed by atoms with Gasteiger partial charge in [-0.25, -0.2) is 13.4 Å². The van der Waals surface area contributed by atoms with Crippen molar-refractivity contribution in [3.63, 3.8) is 0 Å². The lowest BCUT2D eigenvalue weighted by molar-refractivity contribution is 0.337. The standard InChI is InChI=1S/C28H30N2O3S/c1-19-7-5-8-20(17-19)21-10-15-26-24(18-21)29-27(33-26)25-9-6-16-30(25)34(31,32)23-13-11-22(12-14-23)28(2,3)4/h5,7-8,10-15,17-18,25H,6,9,16H2,1-4H3/t25-/m0/s1. The second-order valence-corrected chi connectivity index (χ2v) is 12.0. The van der Waals surface area contributed by atoms with E-state index in [1.54, 1.807) is 16.4 Å². The van der Waals surface area contributed by atoms with E-state index in [1.807, 2.05) is 36.4 Å². The zero-order chi connectivity index (χ0) is 24.1. The third-order valence-electron chi connectivity index (χ3n) is 6.57. The second-order valence-electron chi connectivity index (χ2n) is 10.2. The molecule has 1 saturated heterocycles. The van der Waals surface area contributed by atoms with Crippen LogP contribution >= 0.6 is 0 Å². The van der Waals surface area contributed by atoms with Crippen LogP contribution in [-0.4, -0.2) is 24.3 Å². The van der Waals surface area contributed by atoms with E-state index in [1.165, 1.54) is 5.56 Å². The molecule has 34 heavy (non-hydrogen) atoms. The minimum absolute atomic E-state index is 0.0338. The summed E-state index contributed by atoms with van der Waals surface area (Å²) in [5.74, 6) is 0.462. The lowest BCUT2D eigenvalue weighted by Crippen LogP contribution is -2.31. The van der Waals surface area contributed by atoms with Gasteiger partial charge >= 0.3 is 0 Å². The first-order chi connectivity index (χ1) is 16.1. The van der Waals surface area contributed by atoms with Crippen molar-refractivity contribution in [3.8, 4) is 11.1 Å². The van der Waals surface area contributed by atoms with Gasteiger partial charge in [0.15, 0.2) is 5.58 Å². The average Bonchev–Trinajstić information content (AvgIpc) is 3.45. The number of aromatic nitrogens is 1. The molecule has 2 heterocycles. The maximum atomic E-state index is 13.5. The second kappa shape index (κ2) is 8.36. The highest BCUT2D eigenvalue weighted by molar-refractivity contribution is 7.89. The number of nitrogens with zero attached hydrogens (tertiary/aromatic N) is 2. The van der Waals surface area contributed by atoms with Crippen LogP contribution < -0.4 is 0 Å². The Bertz CT molecular complexity index is 1450. The first-order valence-corrected chi connectivity index (χ1v) is 13.2. The van der Waals surface area contributed by atoms with Gasteiger partial charge in [-0.15, -0.1) is 0 Å². The van der Waals surface area contributed by atoms with Crippen LogP contribution in [0, 0.1) is 6.92 Å². The summed E-state index contributed by atoms with van der Waals surface area (Å²) in [6, 6.07) is 21.1. The Hall–Kier alpha value is -2.96. The molecule has 1 atom stereocenters. The Kier molecular flexibility index (Phi) is 5.61. The number of oxazole rings is 1. The molecule has 4 aromatic rings. The fourth-order valence-corrected chi connectivity index (χ4v) is 6.28. The van der Waals surface area contributed by atoms with Crippen molar-refractivity contribution in [2.45, 2.75) is 56.9 Å². The van der Waals surface area contributed by atoms with Gasteiger partial charge in [-0.3, -0.25) is 0 Å². The van der Waals surface area contributed by atoms with E-state index in [0.29, 0.717) is 29.3 Å². The molecule has 5 rings (SSSR count). The van der Waals surface area contributed by atoms with Crippen molar-refractivity contribution in [2.24, 2.45) is 0 Å². The molecule has 0 N–H and O–H groups in total. The summed E-state index contributed by atoms with van der Waals surface area (Å²) < 4.78 is 34.7.